The zero-order chi connectivity index (χ0) is 27.8. The third-order valence-electron chi connectivity index (χ3n) is 6.01. The lowest BCUT2D eigenvalue weighted by molar-refractivity contribution is -0.155. The van der Waals surface area contributed by atoms with E-state index in [1.165, 1.54) is 13.8 Å². The average Bonchev–Trinajstić information content (AvgIpc) is 3.18. The molecule has 0 unspecified atom stereocenters. The van der Waals surface area contributed by atoms with Gasteiger partial charge in [-0.25, -0.2) is 0 Å². The van der Waals surface area contributed by atoms with Crippen molar-refractivity contribution in [1.29, 1.82) is 0 Å². The van der Waals surface area contributed by atoms with E-state index in [9.17, 15) is 28.8 Å². The molecule has 11 heteroatoms. The topological polar surface area (TPSA) is 151 Å². The molecule has 1 aromatic rings. The molecule has 0 saturated carbocycles. The van der Waals surface area contributed by atoms with Gasteiger partial charge in [-0.3, -0.25) is 33.7 Å². The fourth-order valence-electron chi connectivity index (χ4n) is 3.07. The first-order valence-corrected chi connectivity index (χ1v) is 12.0. The minimum atomic E-state index is -0.939. The van der Waals surface area contributed by atoms with Crippen LogP contribution in [-0.4, -0.2) is 59.0 Å². The highest BCUT2D eigenvalue weighted by Crippen LogP contribution is 2.22. The van der Waals surface area contributed by atoms with Gasteiger partial charge < -0.3 is 20.7 Å². The summed E-state index contributed by atoms with van der Waals surface area (Å²) >= 11 is 0. The van der Waals surface area contributed by atoms with Crippen molar-refractivity contribution >= 4 is 41.2 Å². The third kappa shape index (κ3) is 8.55. The number of ether oxygens (including phenoxy) is 1. The Morgan fingerprint density at radius 2 is 1.49 bits per heavy atom. The van der Waals surface area contributed by atoms with Crippen molar-refractivity contribution in [1.82, 2.24) is 15.5 Å². The molecule has 0 aromatic heterocycles. The van der Waals surface area contributed by atoms with Crippen LogP contribution < -0.4 is 16.0 Å². The molecule has 200 valence electrons. The summed E-state index contributed by atoms with van der Waals surface area (Å²) < 4.78 is 5.35. The molecule has 1 aliphatic rings. The van der Waals surface area contributed by atoms with Gasteiger partial charge >= 0.3 is 5.97 Å². The number of imide groups is 1. The molecule has 0 saturated heterocycles. The summed E-state index contributed by atoms with van der Waals surface area (Å²) in [5, 5.41) is 7.69. The summed E-state index contributed by atoms with van der Waals surface area (Å²) in [6.07, 6.45) is 2.77. The Hall–Kier alpha value is -4.02. The molecule has 1 heterocycles. The highest BCUT2D eigenvalue weighted by molar-refractivity contribution is 6.13. The van der Waals surface area contributed by atoms with Crippen LogP contribution in [0.3, 0.4) is 0 Å². The molecule has 2 atom stereocenters. The number of anilines is 1. The van der Waals surface area contributed by atoms with E-state index in [2.05, 4.69) is 16.0 Å². The lowest BCUT2D eigenvalue weighted by Crippen LogP contribution is -2.50. The molecule has 1 aromatic carbocycles. The Bertz CT molecular complexity index is 1060. The van der Waals surface area contributed by atoms with E-state index in [1.807, 2.05) is 20.8 Å². The normalized spacial score (nSPS) is 14.7. The maximum absolute atomic E-state index is 12.5. The first-order chi connectivity index (χ1) is 17.3. The molecule has 3 N–H and O–H groups in total. The average molecular weight is 515 g/mol. The van der Waals surface area contributed by atoms with E-state index < -0.39 is 47.0 Å². The molecule has 0 spiro atoms. The quantitative estimate of drug-likeness (QED) is 0.282. The van der Waals surface area contributed by atoms with Crippen LogP contribution >= 0.6 is 0 Å². The Morgan fingerprint density at radius 3 is 2.05 bits per heavy atom. The highest BCUT2D eigenvalue weighted by atomic mass is 16.5. The third-order valence-corrected chi connectivity index (χ3v) is 6.01. The zero-order valence-corrected chi connectivity index (χ0v) is 21.8. The first kappa shape index (κ1) is 29.2. The van der Waals surface area contributed by atoms with Gasteiger partial charge in [0.05, 0.1) is 5.41 Å². The number of esters is 1. The van der Waals surface area contributed by atoms with E-state index in [0.29, 0.717) is 12.1 Å². The predicted molar refractivity (Wildman–Crippen MR) is 135 cm³/mol. The van der Waals surface area contributed by atoms with Gasteiger partial charge in [-0.2, -0.15) is 0 Å². The van der Waals surface area contributed by atoms with Gasteiger partial charge in [0.1, 0.15) is 18.7 Å². The monoisotopic (exact) mass is 514 g/mol. The van der Waals surface area contributed by atoms with Crippen LogP contribution in [0.25, 0.3) is 0 Å². The van der Waals surface area contributed by atoms with Crippen LogP contribution in [0, 0.1) is 5.41 Å². The minimum absolute atomic E-state index is 0.0956. The van der Waals surface area contributed by atoms with Gasteiger partial charge in [0.25, 0.3) is 11.8 Å². The Morgan fingerprint density at radius 1 is 0.919 bits per heavy atom. The van der Waals surface area contributed by atoms with Crippen LogP contribution in [0.2, 0.25) is 0 Å². The van der Waals surface area contributed by atoms with Gasteiger partial charge in [-0.15, -0.1) is 0 Å². The fourth-order valence-corrected chi connectivity index (χ4v) is 3.07. The van der Waals surface area contributed by atoms with Crippen LogP contribution in [0.5, 0.6) is 0 Å². The maximum atomic E-state index is 12.5. The fraction of sp³-hybridized carbons (Fsp3) is 0.462. The summed E-state index contributed by atoms with van der Waals surface area (Å²) in [5.74, 6) is -2.81. The van der Waals surface area contributed by atoms with Crippen LogP contribution in [0.4, 0.5) is 5.69 Å². The van der Waals surface area contributed by atoms with E-state index in [-0.39, 0.29) is 25.5 Å². The Labute approximate surface area is 216 Å². The molecule has 0 aliphatic carbocycles. The maximum Gasteiger partial charge on any atom is 0.311 e. The second kappa shape index (κ2) is 12.8. The summed E-state index contributed by atoms with van der Waals surface area (Å²) in [6, 6.07) is 4.94. The molecule has 2 rings (SSSR count). The van der Waals surface area contributed by atoms with Crippen LogP contribution in [0.1, 0.15) is 53.0 Å². The Balaban J connectivity index is 1.76. The highest BCUT2D eigenvalue weighted by Gasteiger charge is 2.27. The zero-order valence-electron chi connectivity index (χ0n) is 21.8. The summed E-state index contributed by atoms with van der Waals surface area (Å²) in [5.41, 5.74) is 0.705. The lowest BCUT2D eigenvalue weighted by atomic mass is 9.91. The van der Waals surface area contributed by atoms with Crippen molar-refractivity contribution in [2.75, 3.05) is 11.9 Å². The van der Waals surface area contributed by atoms with E-state index >= 15 is 0 Å². The van der Waals surface area contributed by atoms with Gasteiger partial charge in [0, 0.05) is 30.8 Å². The SMILES string of the molecule is CCC(C)(C)C(=O)OCc1ccc(NC(=O)[C@H](C)NC(=O)[C@H](C)NC(=O)CCN2C(=O)C=CC2=O)cc1. The number of hydrogen-bond donors (Lipinski definition) is 3. The molecule has 1 aliphatic heterocycles. The second-order valence-corrected chi connectivity index (χ2v) is 9.43. The largest absolute Gasteiger partial charge is 0.460 e. The number of nitrogens with zero attached hydrogens (tertiary/aromatic N) is 1. The summed E-state index contributed by atoms with van der Waals surface area (Å²) in [7, 11) is 0. The number of rotatable bonds is 12. The van der Waals surface area contributed by atoms with E-state index in [1.54, 1.807) is 24.3 Å². The van der Waals surface area contributed by atoms with Gasteiger partial charge in [-0.05, 0) is 51.8 Å². The van der Waals surface area contributed by atoms with Gasteiger partial charge in [-0.1, -0.05) is 19.1 Å². The molecule has 0 bridgehead atoms. The number of amides is 5. The number of nitrogens with one attached hydrogen (secondary N) is 3. The number of benzene rings is 1. The molecule has 5 amide bonds. The number of hydrogen-bond acceptors (Lipinski definition) is 7. The molecule has 37 heavy (non-hydrogen) atoms. The van der Waals surface area contributed by atoms with Crippen molar-refractivity contribution in [3.63, 3.8) is 0 Å². The van der Waals surface area contributed by atoms with Gasteiger partial charge in [0.2, 0.25) is 17.7 Å². The molecule has 0 radical (unpaired) electrons. The van der Waals surface area contributed by atoms with Crippen molar-refractivity contribution in [2.45, 2.75) is 66.2 Å². The van der Waals surface area contributed by atoms with Crippen LogP contribution in [0.15, 0.2) is 36.4 Å². The van der Waals surface area contributed by atoms with E-state index in [4.69, 9.17) is 4.74 Å². The first-order valence-electron chi connectivity index (χ1n) is 12.0. The Kier molecular flexibility index (Phi) is 10.1. The standard InChI is InChI=1S/C26H34N4O7/c1-6-26(4,5)25(36)37-15-18-7-9-19(10-8-18)29-24(35)17(3)28-23(34)16(2)27-20(31)13-14-30-21(32)11-12-22(30)33/h7-12,16-17H,6,13-15H2,1-5H3,(H,27,31)(H,28,34)(H,29,35)/t16-,17-/m0/s1. The van der Waals surface area contributed by atoms with Crippen molar-refractivity contribution in [3.8, 4) is 0 Å². The van der Waals surface area contributed by atoms with Crippen LogP contribution in [-0.2, 0) is 40.1 Å². The molecule has 0 fully saturated rings. The van der Waals surface area contributed by atoms with E-state index in [0.717, 1.165) is 22.6 Å². The molecule has 11 nitrogen and oxygen atoms in total. The second-order valence-electron chi connectivity index (χ2n) is 9.43. The lowest BCUT2D eigenvalue weighted by Gasteiger charge is -2.20. The van der Waals surface area contributed by atoms with Crippen molar-refractivity contribution in [3.05, 3.63) is 42.0 Å². The van der Waals surface area contributed by atoms with Crippen molar-refractivity contribution in [2.24, 2.45) is 5.41 Å². The summed E-state index contributed by atoms with van der Waals surface area (Å²) in [6.45, 7) is 8.55. The predicted octanol–water partition coefficient (Wildman–Crippen LogP) is 1.43. The number of carbonyl (C=O) groups is 6. The smallest absolute Gasteiger partial charge is 0.311 e. The molecular weight excluding hydrogens is 480 g/mol. The number of carbonyl (C=O) groups excluding carboxylic acids is 6. The summed E-state index contributed by atoms with van der Waals surface area (Å²) in [4.78, 5) is 73.1. The van der Waals surface area contributed by atoms with Gasteiger partial charge in [0.15, 0.2) is 0 Å². The molecular formula is C26H34N4O7. The minimum Gasteiger partial charge on any atom is -0.460 e. The van der Waals surface area contributed by atoms with Crippen molar-refractivity contribution < 1.29 is 33.5 Å².